The molecule has 0 unspecified atom stereocenters. The van der Waals surface area contributed by atoms with Crippen LogP contribution in [0.4, 0.5) is 11.4 Å². The highest BCUT2D eigenvalue weighted by Crippen LogP contribution is 2.32. The highest BCUT2D eigenvalue weighted by molar-refractivity contribution is 7.92. The summed E-state index contributed by atoms with van der Waals surface area (Å²) in [5.41, 5.74) is -1.26. The first-order chi connectivity index (χ1) is 15.2. The Morgan fingerprint density at radius 2 is 1.97 bits per heavy atom. The molecule has 0 saturated heterocycles. The molecule has 2 aromatic rings. The van der Waals surface area contributed by atoms with Crippen LogP contribution in [0.15, 0.2) is 38.5 Å². The summed E-state index contributed by atoms with van der Waals surface area (Å²) in [7, 11) is -8.02. The van der Waals surface area contributed by atoms with Crippen LogP contribution in [0.5, 0.6) is 5.75 Å². The Bertz CT molecular complexity index is 1440. The number of carbonyl (C=O) groups excluding carboxylic acids is 1. The Balaban J connectivity index is 2.17. The SMILES string of the molecule is CC(=O)c1cn(CCC(C)C)c(=O)c(C2=NS(=O)(=O)c3cc(NS(C)(=O)=O)ccc3N2)c1O. The second-order valence-electron chi connectivity index (χ2n) is 8.13. The third-order valence-corrected chi connectivity index (χ3v) is 6.77. The van der Waals surface area contributed by atoms with Gasteiger partial charge in [0.2, 0.25) is 10.0 Å². The molecule has 0 bridgehead atoms. The topological polar surface area (TPSA) is 164 Å². The van der Waals surface area contributed by atoms with Crippen LogP contribution in [0, 0.1) is 5.92 Å². The third kappa shape index (κ3) is 5.25. The van der Waals surface area contributed by atoms with Crippen molar-refractivity contribution >= 4 is 43.0 Å². The van der Waals surface area contributed by atoms with Gasteiger partial charge in [0.15, 0.2) is 11.6 Å². The number of anilines is 2. The molecule has 1 aromatic carbocycles. The minimum atomic E-state index is -4.38. The predicted octanol–water partition coefficient (Wildman–Crippen LogP) is 1.74. The van der Waals surface area contributed by atoms with Crippen LogP contribution in [0.3, 0.4) is 0 Å². The maximum absolute atomic E-state index is 13.1. The van der Waals surface area contributed by atoms with Crippen molar-refractivity contribution in [1.29, 1.82) is 0 Å². The molecule has 3 rings (SSSR count). The standard InChI is InChI=1S/C20H24N4O7S2/c1-11(2)7-8-24-10-14(12(3)25)18(26)17(20(24)27)19-21-15-6-5-13(22-32(4,28)29)9-16(15)33(30,31)23-19/h5-6,9-11,22,26H,7-8H2,1-4H3,(H,21,23). The van der Waals surface area contributed by atoms with Crippen molar-refractivity contribution in [3.05, 3.63) is 45.9 Å². The number of hydrogen-bond acceptors (Lipinski definition) is 8. The van der Waals surface area contributed by atoms with E-state index >= 15 is 0 Å². The number of sulfonamides is 2. The second kappa shape index (κ2) is 8.63. The van der Waals surface area contributed by atoms with Crippen molar-refractivity contribution < 1.29 is 26.7 Å². The monoisotopic (exact) mass is 496 g/mol. The average Bonchev–Trinajstić information content (AvgIpc) is 2.66. The maximum atomic E-state index is 13.1. The van der Waals surface area contributed by atoms with Crippen LogP contribution >= 0.6 is 0 Å². The quantitative estimate of drug-likeness (QED) is 0.488. The molecule has 1 aromatic heterocycles. The molecular weight excluding hydrogens is 472 g/mol. The van der Waals surface area contributed by atoms with Gasteiger partial charge in [-0.1, -0.05) is 13.8 Å². The van der Waals surface area contributed by atoms with Crippen LogP contribution in [0.1, 0.15) is 43.1 Å². The fourth-order valence-corrected chi connectivity index (χ4v) is 4.94. The lowest BCUT2D eigenvalue weighted by molar-refractivity contribution is 0.101. The first-order valence-corrected chi connectivity index (χ1v) is 13.2. The lowest BCUT2D eigenvalue weighted by Gasteiger charge is -2.21. The van der Waals surface area contributed by atoms with E-state index in [9.17, 15) is 31.5 Å². The summed E-state index contributed by atoms with van der Waals surface area (Å²) < 4.78 is 55.7. The van der Waals surface area contributed by atoms with E-state index in [1.54, 1.807) is 0 Å². The van der Waals surface area contributed by atoms with Crippen LogP contribution < -0.4 is 15.6 Å². The normalized spacial score (nSPS) is 14.9. The summed E-state index contributed by atoms with van der Waals surface area (Å²) in [6.07, 6.45) is 2.78. The number of carbonyl (C=O) groups is 1. The largest absolute Gasteiger partial charge is 0.506 e. The van der Waals surface area contributed by atoms with Crippen LogP contribution in [-0.2, 0) is 26.6 Å². The molecule has 0 radical (unpaired) electrons. The van der Waals surface area contributed by atoms with Crippen LogP contribution in [0.2, 0.25) is 0 Å². The smallest absolute Gasteiger partial charge is 0.286 e. The number of aryl methyl sites for hydroxylation is 1. The minimum absolute atomic E-state index is 0.0118. The van der Waals surface area contributed by atoms with Gasteiger partial charge < -0.3 is 15.0 Å². The van der Waals surface area contributed by atoms with Crippen molar-refractivity contribution in [3.63, 3.8) is 0 Å². The third-order valence-electron chi connectivity index (χ3n) is 4.84. The van der Waals surface area contributed by atoms with Crippen molar-refractivity contribution in [3.8, 4) is 5.75 Å². The summed E-state index contributed by atoms with van der Waals surface area (Å²) in [6.45, 7) is 5.39. The Labute approximate surface area is 191 Å². The van der Waals surface area contributed by atoms with Gasteiger partial charge in [-0.3, -0.25) is 14.3 Å². The molecule has 0 fully saturated rings. The van der Waals surface area contributed by atoms with Gasteiger partial charge >= 0.3 is 0 Å². The first-order valence-electron chi connectivity index (χ1n) is 9.91. The number of pyridine rings is 1. The molecule has 178 valence electrons. The van der Waals surface area contributed by atoms with E-state index in [0.717, 1.165) is 12.3 Å². The fraction of sp³-hybridized carbons (Fsp3) is 0.350. The van der Waals surface area contributed by atoms with E-state index in [4.69, 9.17) is 0 Å². The highest BCUT2D eigenvalue weighted by atomic mass is 32.2. The van der Waals surface area contributed by atoms with E-state index in [1.807, 2.05) is 13.8 Å². The number of benzene rings is 1. The molecule has 11 nitrogen and oxygen atoms in total. The van der Waals surface area contributed by atoms with Gasteiger partial charge in [-0.15, -0.1) is 4.40 Å². The zero-order valence-electron chi connectivity index (χ0n) is 18.4. The number of rotatable bonds is 7. The zero-order chi connectivity index (χ0) is 24.7. The Kier molecular flexibility index (Phi) is 6.40. The number of amidine groups is 1. The van der Waals surface area contributed by atoms with E-state index in [2.05, 4.69) is 14.4 Å². The van der Waals surface area contributed by atoms with E-state index in [0.29, 0.717) is 6.42 Å². The fourth-order valence-electron chi connectivity index (χ4n) is 3.23. The van der Waals surface area contributed by atoms with Gasteiger partial charge in [-0.2, -0.15) is 8.42 Å². The molecule has 0 aliphatic carbocycles. The summed E-state index contributed by atoms with van der Waals surface area (Å²) in [6, 6.07) is 3.72. The highest BCUT2D eigenvalue weighted by Gasteiger charge is 2.30. The van der Waals surface area contributed by atoms with Crippen LogP contribution in [0.25, 0.3) is 0 Å². The number of nitrogens with zero attached hydrogens (tertiary/aromatic N) is 2. The Morgan fingerprint density at radius 3 is 2.55 bits per heavy atom. The van der Waals surface area contributed by atoms with Gasteiger partial charge in [-0.25, -0.2) is 8.42 Å². The van der Waals surface area contributed by atoms with Gasteiger partial charge in [0, 0.05) is 18.4 Å². The van der Waals surface area contributed by atoms with Crippen molar-refractivity contribution in [2.45, 2.75) is 38.6 Å². The molecule has 2 heterocycles. The summed E-state index contributed by atoms with van der Waals surface area (Å²) in [5, 5.41) is 13.4. The number of aromatic hydroxyl groups is 1. The summed E-state index contributed by atoms with van der Waals surface area (Å²) in [5.74, 6) is -1.37. The predicted molar refractivity (Wildman–Crippen MR) is 124 cm³/mol. The molecule has 1 aliphatic heterocycles. The summed E-state index contributed by atoms with van der Waals surface area (Å²) in [4.78, 5) is 24.9. The first kappa shape index (κ1) is 24.5. The molecule has 13 heteroatoms. The number of fused-ring (bicyclic) bond motifs is 1. The number of nitrogens with one attached hydrogen (secondary N) is 2. The number of hydrogen-bond donors (Lipinski definition) is 3. The Hall–Kier alpha value is -3.19. The van der Waals surface area contributed by atoms with Gasteiger partial charge in [0.1, 0.15) is 16.2 Å². The second-order valence-corrected chi connectivity index (χ2v) is 11.4. The lowest BCUT2D eigenvalue weighted by Crippen LogP contribution is -2.33. The minimum Gasteiger partial charge on any atom is -0.506 e. The van der Waals surface area contributed by atoms with Gasteiger partial charge in [0.25, 0.3) is 15.6 Å². The molecule has 0 saturated carbocycles. The number of ketones is 1. The molecule has 0 amide bonds. The van der Waals surface area contributed by atoms with Gasteiger partial charge in [-0.05, 0) is 37.5 Å². The summed E-state index contributed by atoms with van der Waals surface area (Å²) >= 11 is 0. The van der Waals surface area contributed by atoms with Crippen molar-refractivity contribution in [2.24, 2.45) is 10.3 Å². The van der Waals surface area contributed by atoms with Crippen molar-refractivity contribution in [1.82, 2.24) is 4.57 Å². The molecule has 0 atom stereocenters. The Morgan fingerprint density at radius 1 is 1.30 bits per heavy atom. The molecule has 1 aliphatic rings. The zero-order valence-corrected chi connectivity index (χ0v) is 20.0. The maximum Gasteiger partial charge on any atom is 0.286 e. The molecule has 33 heavy (non-hydrogen) atoms. The average molecular weight is 497 g/mol. The molecular formula is C20H24N4O7S2. The molecule has 0 spiro atoms. The van der Waals surface area contributed by atoms with E-state index < -0.39 is 48.5 Å². The lowest BCUT2D eigenvalue weighted by atomic mass is 10.1. The van der Waals surface area contributed by atoms with Crippen LogP contribution in [-0.4, -0.2) is 44.4 Å². The number of aromatic nitrogens is 1. The van der Waals surface area contributed by atoms with E-state index in [1.165, 1.54) is 29.8 Å². The number of Topliss-reactive ketones (excluding diaryl/α,β-unsaturated/α-hetero) is 1. The van der Waals surface area contributed by atoms with E-state index in [-0.39, 0.29) is 34.3 Å². The molecule has 3 N–H and O–H groups in total. The van der Waals surface area contributed by atoms with Gasteiger partial charge in [0.05, 0.1) is 17.5 Å². The van der Waals surface area contributed by atoms with Crippen molar-refractivity contribution in [2.75, 3.05) is 16.3 Å².